The van der Waals surface area contributed by atoms with Crippen molar-refractivity contribution in [1.29, 1.82) is 0 Å². The maximum absolute atomic E-state index is 13.6. The zero-order chi connectivity index (χ0) is 14.4. The molecular formula is C16H16FN3. The molecule has 4 heteroatoms. The zero-order valence-electron chi connectivity index (χ0n) is 11.7. The Morgan fingerprint density at radius 3 is 2.60 bits per heavy atom. The Labute approximate surface area is 116 Å². The molecule has 0 atom stereocenters. The van der Waals surface area contributed by atoms with Gasteiger partial charge >= 0.3 is 0 Å². The Kier molecular flexibility index (Phi) is 2.74. The number of rotatable bonds is 1. The molecule has 102 valence electrons. The second-order valence-corrected chi connectivity index (χ2v) is 5.11. The summed E-state index contributed by atoms with van der Waals surface area (Å²) in [6, 6.07) is 9.26. The van der Waals surface area contributed by atoms with Crippen LogP contribution in [0.3, 0.4) is 0 Å². The van der Waals surface area contributed by atoms with Crippen molar-refractivity contribution >= 4 is 17.0 Å². The molecule has 0 spiro atoms. The summed E-state index contributed by atoms with van der Waals surface area (Å²) in [4.78, 5) is 4.26. The summed E-state index contributed by atoms with van der Waals surface area (Å²) in [6.45, 7) is 5.84. The van der Waals surface area contributed by atoms with E-state index in [1.807, 2.05) is 23.6 Å². The number of fused-ring (bicyclic) bond motifs is 1. The van der Waals surface area contributed by atoms with Crippen molar-refractivity contribution in [3.8, 4) is 5.69 Å². The number of hydrogen-bond donors (Lipinski definition) is 1. The van der Waals surface area contributed by atoms with Crippen LogP contribution in [0.4, 0.5) is 10.3 Å². The van der Waals surface area contributed by atoms with Gasteiger partial charge in [-0.05, 0) is 49.6 Å². The van der Waals surface area contributed by atoms with Gasteiger partial charge in [0.05, 0.1) is 16.7 Å². The first-order chi connectivity index (χ1) is 9.49. The molecule has 0 aliphatic rings. The Balaban J connectivity index is 2.39. The van der Waals surface area contributed by atoms with Crippen LogP contribution in [0.15, 0.2) is 30.3 Å². The third-order valence-electron chi connectivity index (χ3n) is 3.78. The van der Waals surface area contributed by atoms with Crippen molar-refractivity contribution < 1.29 is 4.39 Å². The van der Waals surface area contributed by atoms with Gasteiger partial charge in [-0.25, -0.2) is 9.37 Å². The lowest BCUT2D eigenvalue weighted by atomic mass is 10.1. The molecule has 0 saturated carbocycles. The van der Waals surface area contributed by atoms with Gasteiger partial charge in [0.1, 0.15) is 5.82 Å². The van der Waals surface area contributed by atoms with Crippen LogP contribution < -0.4 is 5.73 Å². The molecule has 0 aliphatic heterocycles. The first kappa shape index (κ1) is 12.7. The number of hydrogen-bond acceptors (Lipinski definition) is 2. The van der Waals surface area contributed by atoms with E-state index in [1.165, 1.54) is 11.6 Å². The van der Waals surface area contributed by atoms with Crippen molar-refractivity contribution in [2.45, 2.75) is 20.8 Å². The standard InChI is InChI=1S/C16H16FN3/c1-9-5-4-6-14(11(9)3)20-15-7-10(2)12(17)8-13(15)19-16(20)18/h4-8H,1-3H3,(H2,18,19). The van der Waals surface area contributed by atoms with E-state index in [4.69, 9.17) is 5.73 Å². The molecule has 2 aromatic carbocycles. The van der Waals surface area contributed by atoms with E-state index < -0.39 is 0 Å². The maximum atomic E-state index is 13.6. The highest BCUT2D eigenvalue weighted by molar-refractivity contribution is 5.82. The summed E-state index contributed by atoms with van der Waals surface area (Å²) in [6.07, 6.45) is 0. The number of imidazole rings is 1. The van der Waals surface area contributed by atoms with Crippen LogP contribution in [0, 0.1) is 26.6 Å². The van der Waals surface area contributed by atoms with Gasteiger partial charge in [0.15, 0.2) is 0 Å². The molecular weight excluding hydrogens is 253 g/mol. The molecule has 0 bridgehead atoms. The minimum Gasteiger partial charge on any atom is -0.369 e. The summed E-state index contributed by atoms with van der Waals surface area (Å²) < 4.78 is 15.5. The smallest absolute Gasteiger partial charge is 0.205 e. The van der Waals surface area contributed by atoms with Crippen LogP contribution in [0.1, 0.15) is 16.7 Å². The van der Waals surface area contributed by atoms with Gasteiger partial charge in [-0.3, -0.25) is 4.57 Å². The molecule has 0 aliphatic carbocycles. The van der Waals surface area contributed by atoms with Gasteiger partial charge in [-0.2, -0.15) is 0 Å². The summed E-state index contributed by atoms with van der Waals surface area (Å²) in [5.41, 5.74) is 11.3. The number of nitrogens with two attached hydrogens (primary N) is 1. The van der Waals surface area contributed by atoms with Crippen molar-refractivity contribution in [3.63, 3.8) is 0 Å². The summed E-state index contributed by atoms with van der Waals surface area (Å²) in [5, 5.41) is 0. The third-order valence-corrected chi connectivity index (χ3v) is 3.78. The number of benzene rings is 2. The van der Waals surface area contributed by atoms with Crippen molar-refractivity contribution in [1.82, 2.24) is 9.55 Å². The highest BCUT2D eigenvalue weighted by Gasteiger charge is 2.14. The second kappa shape index (κ2) is 4.34. The number of aryl methyl sites for hydroxylation is 2. The molecule has 20 heavy (non-hydrogen) atoms. The minimum absolute atomic E-state index is 0.261. The van der Waals surface area contributed by atoms with E-state index in [0.29, 0.717) is 17.0 Å². The van der Waals surface area contributed by atoms with E-state index >= 15 is 0 Å². The van der Waals surface area contributed by atoms with Gasteiger partial charge in [0.25, 0.3) is 0 Å². The van der Waals surface area contributed by atoms with Crippen molar-refractivity contribution in [3.05, 3.63) is 52.8 Å². The van der Waals surface area contributed by atoms with Crippen LogP contribution in [-0.2, 0) is 0 Å². The van der Waals surface area contributed by atoms with Gasteiger partial charge in [-0.1, -0.05) is 12.1 Å². The fourth-order valence-corrected chi connectivity index (χ4v) is 2.45. The fraction of sp³-hybridized carbons (Fsp3) is 0.188. The van der Waals surface area contributed by atoms with E-state index in [9.17, 15) is 4.39 Å². The Hall–Kier alpha value is -2.36. The average molecular weight is 269 g/mol. The first-order valence-electron chi connectivity index (χ1n) is 6.49. The quantitative estimate of drug-likeness (QED) is 0.732. The normalized spacial score (nSPS) is 11.2. The van der Waals surface area contributed by atoms with Gasteiger partial charge in [0, 0.05) is 6.07 Å². The Morgan fingerprint density at radius 1 is 1.10 bits per heavy atom. The van der Waals surface area contributed by atoms with Crippen LogP contribution in [0.25, 0.3) is 16.7 Å². The van der Waals surface area contributed by atoms with Gasteiger partial charge in [0.2, 0.25) is 5.95 Å². The summed E-state index contributed by atoms with van der Waals surface area (Å²) in [5.74, 6) is 0.113. The van der Waals surface area contributed by atoms with Crippen LogP contribution in [0.2, 0.25) is 0 Å². The molecule has 0 saturated heterocycles. The van der Waals surface area contributed by atoms with E-state index in [2.05, 4.69) is 18.0 Å². The third kappa shape index (κ3) is 1.76. The molecule has 3 aromatic rings. The Morgan fingerprint density at radius 2 is 1.85 bits per heavy atom. The summed E-state index contributed by atoms with van der Waals surface area (Å²) in [7, 11) is 0. The van der Waals surface area contributed by atoms with Gasteiger partial charge < -0.3 is 5.73 Å². The SMILES string of the molecule is Cc1cc2c(cc1F)nc(N)n2-c1cccc(C)c1C. The zero-order valence-corrected chi connectivity index (χ0v) is 11.7. The topological polar surface area (TPSA) is 43.8 Å². The number of halogens is 1. The molecule has 1 heterocycles. The lowest BCUT2D eigenvalue weighted by Gasteiger charge is -2.12. The molecule has 2 N–H and O–H groups in total. The van der Waals surface area contributed by atoms with Crippen LogP contribution in [0.5, 0.6) is 0 Å². The fourth-order valence-electron chi connectivity index (χ4n) is 2.45. The average Bonchev–Trinajstić information content (AvgIpc) is 2.69. The van der Waals surface area contributed by atoms with Crippen LogP contribution in [-0.4, -0.2) is 9.55 Å². The lowest BCUT2D eigenvalue weighted by molar-refractivity contribution is 0.620. The highest BCUT2D eigenvalue weighted by atomic mass is 19.1. The predicted octanol–water partition coefficient (Wildman–Crippen LogP) is 3.67. The van der Waals surface area contributed by atoms with Crippen LogP contribution >= 0.6 is 0 Å². The monoisotopic (exact) mass is 269 g/mol. The largest absolute Gasteiger partial charge is 0.369 e. The predicted molar refractivity (Wildman–Crippen MR) is 79.7 cm³/mol. The number of anilines is 1. The highest BCUT2D eigenvalue weighted by Crippen LogP contribution is 2.28. The Bertz CT molecular complexity index is 818. The molecule has 1 aromatic heterocycles. The van der Waals surface area contributed by atoms with E-state index in [1.54, 1.807) is 13.0 Å². The maximum Gasteiger partial charge on any atom is 0.205 e. The molecule has 0 fully saturated rings. The molecule has 0 unspecified atom stereocenters. The minimum atomic E-state index is -0.261. The molecule has 0 radical (unpaired) electrons. The number of nitrogens with zero attached hydrogens (tertiary/aromatic N) is 2. The van der Waals surface area contributed by atoms with E-state index in [0.717, 1.165) is 16.8 Å². The molecule has 0 amide bonds. The number of aromatic nitrogens is 2. The summed E-state index contributed by atoms with van der Waals surface area (Å²) >= 11 is 0. The molecule has 3 nitrogen and oxygen atoms in total. The van der Waals surface area contributed by atoms with Crippen molar-refractivity contribution in [2.24, 2.45) is 0 Å². The lowest BCUT2D eigenvalue weighted by Crippen LogP contribution is -2.03. The first-order valence-corrected chi connectivity index (χ1v) is 6.49. The van der Waals surface area contributed by atoms with E-state index in [-0.39, 0.29) is 5.82 Å². The molecule has 3 rings (SSSR count). The number of nitrogen functional groups attached to an aromatic ring is 1. The van der Waals surface area contributed by atoms with Gasteiger partial charge in [-0.15, -0.1) is 0 Å². The van der Waals surface area contributed by atoms with Crippen molar-refractivity contribution in [2.75, 3.05) is 5.73 Å². The second-order valence-electron chi connectivity index (χ2n) is 5.11.